The van der Waals surface area contributed by atoms with E-state index < -0.39 is 11.8 Å². The van der Waals surface area contributed by atoms with Crippen molar-refractivity contribution in [2.45, 2.75) is 12.8 Å². The molecule has 2 aromatic carbocycles. The summed E-state index contributed by atoms with van der Waals surface area (Å²) in [5, 5.41) is 36.4. The van der Waals surface area contributed by atoms with Gasteiger partial charge in [0.15, 0.2) is 11.4 Å². The molecule has 0 spiro atoms. The van der Waals surface area contributed by atoms with Gasteiger partial charge >= 0.3 is 0 Å². The van der Waals surface area contributed by atoms with Gasteiger partial charge in [-0.3, -0.25) is 9.59 Å². The van der Waals surface area contributed by atoms with E-state index in [1.165, 1.54) is 0 Å². The van der Waals surface area contributed by atoms with Crippen molar-refractivity contribution in [3.8, 4) is 11.8 Å². The zero-order chi connectivity index (χ0) is 22.8. The number of azo groups is 2. The molecule has 0 saturated carbocycles. The SMILES string of the molecule is O=C(CCC(=O)N=Nc1c(O)[nH]c2ccc(Cl)cc12)N=Nc1c(O)[nH]c2ccc(Cl)cc12. The number of rotatable bonds is 5. The molecular weight excluding hydrogens is 459 g/mol. The standard InChI is InChI=1S/C20H14Cl2N6O4/c21-9-1-3-13-11(7-9)17(19(31)23-13)27-25-15(29)5-6-16(30)26-28-18-12-8-10(22)2-4-14(12)24-20(18)32/h1-4,7-8,23-24,31-32H,5-6H2. The molecule has 2 aromatic heterocycles. The van der Waals surface area contributed by atoms with E-state index in [0.717, 1.165) is 0 Å². The Labute approximate surface area is 189 Å². The van der Waals surface area contributed by atoms with Crippen LogP contribution in [0.3, 0.4) is 0 Å². The number of fused-ring (bicyclic) bond motifs is 2. The summed E-state index contributed by atoms with van der Waals surface area (Å²) < 4.78 is 0. The molecule has 10 nitrogen and oxygen atoms in total. The second-order valence-electron chi connectivity index (χ2n) is 6.71. The fourth-order valence-corrected chi connectivity index (χ4v) is 3.34. The number of nitrogens with one attached hydrogen (secondary N) is 2. The van der Waals surface area contributed by atoms with E-state index in [9.17, 15) is 19.8 Å². The molecule has 32 heavy (non-hydrogen) atoms. The highest BCUT2D eigenvalue weighted by molar-refractivity contribution is 6.31. The minimum Gasteiger partial charge on any atom is -0.493 e. The number of halogens is 2. The quantitative estimate of drug-likeness (QED) is 0.260. The summed E-state index contributed by atoms with van der Waals surface area (Å²) in [5.41, 5.74) is 1.28. The molecule has 0 fully saturated rings. The van der Waals surface area contributed by atoms with Gasteiger partial charge in [0.2, 0.25) is 11.8 Å². The van der Waals surface area contributed by atoms with Crippen LogP contribution in [0.5, 0.6) is 11.8 Å². The predicted molar refractivity (Wildman–Crippen MR) is 118 cm³/mol. The van der Waals surface area contributed by atoms with Crippen molar-refractivity contribution in [3.05, 3.63) is 46.4 Å². The zero-order valence-electron chi connectivity index (χ0n) is 16.1. The van der Waals surface area contributed by atoms with Gasteiger partial charge in [-0.05, 0) is 36.4 Å². The Bertz CT molecular complexity index is 1310. The molecule has 0 saturated heterocycles. The van der Waals surface area contributed by atoms with Crippen molar-refractivity contribution in [2.75, 3.05) is 0 Å². The minimum absolute atomic E-state index is 0.0651. The summed E-state index contributed by atoms with van der Waals surface area (Å²) in [6.07, 6.45) is -0.534. The van der Waals surface area contributed by atoms with Gasteiger partial charge in [0.05, 0.1) is 11.0 Å². The number of benzene rings is 2. The number of aromatic nitrogens is 2. The average molecular weight is 473 g/mol. The molecule has 0 aliphatic carbocycles. The van der Waals surface area contributed by atoms with E-state index >= 15 is 0 Å². The van der Waals surface area contributed by atoms with E-state index in [0.29, 0.717) is 31.9 Å². The monoisotopic (exact) mass is 472 g/mol. The van der Waals surface area contributed by atoms with Crippen LogP contribution in [0.15, 0.2) is 56.9 Å². The Hall–Kier alpha value is -3.76. The molecule has 4 rings (SSSR count). The molecule has 4 aromatic rings. The van der Waals surface area contributed by atoms with Crippen molar-refractivity contribution in [1.82, 2.24) is 9.97 Å². The van der Waals surface area contributed by atoms with Crippen molar-refractivity contribution in [3.63, 3.8) is 0 Å². The first-order valence-electron chi connectivity index (χ1n) is 9.21. The second kappa shape index (κ2) is 8.77. The molecule has 2 amide bonds. The van der Waals surface area contributed by atoms with Crippen LogP contribution < -0.4 is 0 Å². The van der Waals surface area contributed by atoms with Gasteiger partial charge in [-0.2, -0.15) is 0 Å². The Morgan fingerprint density at radius 3 is 1.56 bits per heavy atom. The topological polar surface area (TPSA) is 156 Å². The highest BCUT2D eigenvalue weighted by Gasteiger charge is 2.14. The van der Waals surface area contributed by atoms with Crippen LogP contribution in [-0.2, 0) is 9.59 Å². The summed E-state index contributed by atoms with van der Waals surface area (Å²) in [5.74, 6) is -1.90. The van der Waals surface area contributed by atoms with E-state index in [2.05, 4.69) is 30.4 Å². The molecule has 162 valence electrons. The van der Waals surface area contributed by atoms with Crippen molar-refractivity contribution in [1.29, 1.82) is 0 Å². The van der Waals surface area contributed by atoms with Crippen LogP contribution in [0.4, 0.5) is 11.4 Å². The first-order valence-corrected chi connectivity index (χ1v) is 9.97. The molecule has 0 unspecified atom stereocenters. The predicted octanol–water partition coefficient (Wildman–Crippen LogP) is 6.07. The lowest BCUT2D eigenvalue weighted by atomic mass is 10.2. The number of nitrogens with zero attached hydrogens (tertiary/aromatic N) is 4. The number of carbonyl (C=O) groups is 2. The van der Waals surface area contributed by atoms with Crippen LogP contribution >= 0.6 is 23.2 Å². The smallest absolute Gasteiger partial charge is 0.265 e. The maximum absolute atomic E-state index is 12.0. The van der Waals surface area contributed by atoms with Gasteiger partial charge in [0.25, 0.3) is 11.8 Å². The lowest BCUT2D eigenvalue weighted by molar-refractivity contribution is -0.123. The number of H-pyrrole nitrogens is 2. The minimum atomic E-state index is -0.689. The molecule has 12 heteroatoms. The number of carbonyl (C=O) groups excluding carboxylic acids is 2. The molecule has 0 bridgehead atoms. The lowest BCUT2D eigenvalue weighted by Crippen LogP contribution is -1.98. The van der Waals surface area contributed by atoms with Gasteiger partial charge in [-0.1, -0.05) is 23.2 Å². The average Bonchev–Trinajstić information content (AvgIpc) is 3.23. The van der Waals surface area contributed by atoms with Gasteiger partial charge in [0, 0.05) is 33.7 Å². The number of aromatic amines is 2. The first kappa shape index (κ1) is 21.5. The van der Waals surface area contributed by atoms with Gasteiger partial charge in [-0.25, -0.2) is 0 Å². The molecule has 0 radical (unpaired) electrons. The van der Waals surface area contributed by atoms with Gasteiger partial charge in [-0.15, -0.1) is 20.5 Å². The number of aromatic hydroxyl groups is 2. The Morgan fingerprint density at radius 2 is 1.16 bits per heavy atom. The fraction of sp³-hybridized carbons (Fsp3) is 0.100. The summed E-state index contributed by atoms with van der Waals surface area (Å²) in [7, 11) is 0. The van der Waals surface area contributed by atoms with Crippen LogP contribution in [0.25, 0.3) is 21.8 Å². The second-order valence-corrected chi connectivity index (χ2v) is 7.58. The molecular formula is C20H14Cl2N6O4. The molecule has 2 heterocycles. The molecule has 0 atom stereocenters. The van der Waals surface area contributed by atoms with Gasteiger partial charge < -0.3 is 20.2 Å². The van der Waals surface area contributed by atoms with Crippen LogP contribution in [0.2, 0.25) is 10.0 Å². The maximum atomic E-state index is 12.0. The van der Waals surface area contributed by atoms with Crippen molar-refractivity contribution in [2.24, 2.45) is 20.5 Å². The van der Waals surface area contributed by atoms with Crippen molar-refractivity contribution < 1.29 is 19.8 Å². The van der Waals surface area contributed by atoms with E-state index in [4.69, 9.17) is 23.2 Å². The Balaban J connectivity index is 1.40. The van der Waals surface area contributed by atoms with Gasteiger partial charge in [0.1, 0.15) is 0 Å². The number of amides is 2. The molecule has 4 N–H and O–H groups in total. The van der Waals surface area contributed by atoms with E-state index in [1.807, 2.05) is 0 Å². The third-order valence-corrected chi connectivity index (χ3v) is 4.97. The lowest BCUT2D eigenvalue weighted by Gasteiger charge is -1.94. The Morgan fingerprint density at radius 1 is 0.750 bits per heavy atom. The van der Waals surface area contributed by atoms with E-state index in [-0.39, 0.29) is 36.0 Å². The highest BCUT2D eigenvalue weighted by atomic mass is 35.5. The highest BCUT2D eigenvalue weighted by Crippen LogP contribution is 2.37. The van der Waals surface area contributed by atoms with E-state index in [1.54, 1.807) is 36.4 Å². The van der Waals surface area contributed by atoms with Crippen LogP contribution in [-0.4, -0.2) is 32.0 Å². The first-order chi connectivity index (χ1) is 15.3. The summed E-state index contributed by atoms with van der Waals surface area (Å²) in [6, 6.07) is 9.72. The summed E-state index contributed by atoms with van der Waals surface area (Å²) in [4.78, 5) is 29.4. The normalized spacial score (nSPS) is 11.9. The molecule has 0 aliphatic heterocycles. The third kappa shape index (κ3) is 4.46. The largest absolute Gasteiger partial charge is 0.493 e. The summed E-state index contributed by atoms with van der Waals surface area (Å²) in [6.45, 7) is 0. The fourth-order valence-electron chi connectivity index (χ4n) is 3.00. The number of hydrogen-bond donors (Lipinski definition) is 4. The maximum Gasteiger partial charge on any atom is 0.265 e. The van der Waals surface area contributed by atoms with Crippen LogP contribution in [0, 0.1) is 0 Å². The Kier molecular flexibility index (Phi) is 5.89. The third-order valence-electron chi connectivity index (χ3n) is 4.50. The zero-order valence-corrected chi connectivity index (χ0v) is 17.6. The van der Waals surface area contributed by atoms with Crippen molar-refractivity contribution >= 4 is 68.2 Å². The summed E-state index contributed by atoms with van der Waals surface area (Å²) >= 11 is 11.9. The number of hydrogen-bond acceptors (Lipinski definition) is 6. The van der Waals surface area contributed by atoms with Crippen LogP contribution in [0.1, 0.15) is 12.8 Å². The molecule has 0 aliphatic rings.